The van der Waals surface area contributed by atoms with Gasteiger partial charge in [0.25, 0.3) is 0 Å². The maximum atomic E-state index is 11.8. The van der Waals surface area contributed by atoms with Crippen LogP contribution in [-0.4, -0.2) is 154 Å². The van der Waals surface area contributed by atoms with Crippen molar-refractivity contribution in [3.8, 4) is 0 Å². The third-order valence-corrected chi connectivity index (χ3v) is 8.88. The van der Waals surface area contributed by atoms with E-state index in [0.29, 0.717) is 19.4 Å². The van der Waals surface area contributed by atoms with Crippen LogP contribution in [0.4, 0.5) is 0 Å². The maximum Gasteiger partial charge on any atom is 0.220 e. The number of hydrogen-bond donors (Lipinski definition) is 8. The highest BCUT2D eigenvalue weighted by Crippen LogP contribution is 2.30. The summed E-state index contributed by atoms with van der Waals surface area (Å²) in [7, 11) is 3.98. The van der Waals surface area contributed by atoms with Crippen molar-refractivity contribution in [2.45, 2.75) is 158 Å². The Labute approximate surface area is 286 Å². The first kappa shape index (κ1) is 42.9. The summed E-state index contributed by atoms with van der Waals surface area (Å²) in [6.45, 7) is 2.17. The number of likely N-dealkylation sites (N-methyl/N-ethyl adjacent to an activating group) is 1. The highest BCUT2D eigenvalue weighted by Gasteiger charge is 2.51. The molecule has 0 spiro atoms. The summed E-state index contributed by atoms with van der Waals surface area (Å²) in [4.78, 5) is 13.8. The van der Waals surface area contributed by atoms with Crippen LogP contribution in [0.1, 0.15) is 90.4 Å². The number of hydrogen-bond acceptors (Lipinski definition) is 13. The molecule has 2 heterocycles. The molecule has 0 aromatic heterocycles. The largest absolute Gasteiger partial charge is 0.394 e. The second-order valence-electron chi connectivity index (χ2n) is 13.4. The fraction of sp³-hybridized carbons (Fsp3) is 0.912. The van der Waals surface area contributed by atoms with E-state index >= 15 is 0 Å². The average molecular weight is 693 g/mol. The van der Waals surface area contributed by atoms with Crippen LogP contribution in [0, 0.1) is 0 Å². The topological polar surface area (TPSA) is 211 Å². The molecular formula is C34H64N2O12. The van der Waals surface area contributed by atoms with Crippen LogP contribution in [0.15, 0.2) is 12.2 Å². The SMILES string of the molecule is CC(CCCCCCC=CCCCCCCCC(=O)NCCN(C)C)OC1OC(CO)C(O)C(O)C1OC1OC(CO)C(O)C(O)C1O. The van der Waals surface area contributed by atoms with Gasteiger partial charge in [0, 0.05) is 19.5 Å². The molecule has 2 fully saturated rings. The smallest absolute Gasteiger partial charge is 0.220 e. The summed E-state index contributed by atoms with van der Waals surface area (Å²) in [6.07, 6.45) is 2.56. The van der Waals surface area contributed by atoms with Crippen LogP contribution < -0.4 is 5.32 Å². The van der Waals surface area contributed by atoms with Gasteiger partial charge in [-0.05, 0) is 59.5 Å². The first-order valence-electron chi connectivity index (χ1n) is 17.8. The van der Waals surface area contributed by atoms with E-state index in [-0.39, 0.29) is 12.0 Å². The van der Waals surface area contributed by atoms with Crippen LogP contribution >= 0.6 is 0 Å². The van der Waals surface area contributed by atoms with E-state index in [1.165, 1.54) is 6.42 Å². The minimum Gasteiger partial charge on any atom is -0.394 e. The van der Waals surface area contributed by atoms with Crippen LogP contribution in [0.3, 0.4) is 0 Å². The molecule has 2 aliphatic heterocycles. The zero-order valence-corrected chi connectivity index (χ0v) is 29.1. The molecule has 2 rings (SSSR count). The number of rotatable bonds is 24. The molecule has 0 radical (unpaired) electrons. The molecule has 11 unspecified atom stereocenters. The molecule has 48 heavy (non-hydrogen) atoms. The molecule has 0 aliphatic carbocycles. The summed E-state index contributed by atoms with van der Waals surface area (Å²) in [5, 5.41) is 73.8. The van der Waals surface area contributed by atoms with E-state index < -0.39 is 74.6 Å². The number of amides is 1. The van der Waals surface area contributed by atoms with Gasteiger partial charge in [0.15, 0.2) is 12.6 Å². The molecule has 14 heteroatoms. The molecule has 14 nitrogen and oxygen atoms in total. The van der Waals surface area contributed by atoms with Crippen LogP contribution in [0.25, 0.3) is 0 Å². The lowest BCUT2D eigenvalue weighted by molar-refractivity contribution is -0.371. The van der Waals surface area contributed by atoms with Crippen LogP contribution in [0.5, 0.6) is 0 Å². The molecule has 282 valence electrons. The summed E-state index contributed by atoms with van der Waals surface area (Å²) >= 11 is 0. The third kappa shape index (κ3) is 15.3. The molecule has 0 aromatic rings. The van der Waals surface area contributed by atoms with E-state index in [9.17, 15) is 40.5 Å². The second kappa shape index (κ2) is 24.0. The first-order valence-corrected chi connectivity index (χ1v) is 17.8. The Kier molecular flexibility index (Phi) is 21.5. The summed E-state index contributed by atoms with van der Waals surface area (Å²) in [5.41, 5.74) is 0. The molecule has 11 atom stereocenters. The minimum absolute atomic E-state index is 0.146. The van der Waals surface area contributed by atoms with E-state index in [2.05, 4.69) is 22.4 Å². The number of unbranched alkanes of at least 4 members (excludes halogenated alkanes) is 9. The Morgan fingerprint density at radius 3 is 1.90 bits per heavy atom. The quantitative estimate of drug-likeness (QED) is 0.0507. The van der Waals surface area contributed by atoms with Gasteiger partial charge < -0.3 is 64.9 Å². The number of carbonyl (C=O) groups excluding carboxylic acids is 1. The Morgan fingerprint density at radius 1 is 0.750 bits per heavy atom. The monoisotopic (exact) mass is 692 g/mol. The number of carbonyl (C=O) groups is 1. The number of allylic oxidation sites excluding steroid dienone is 2. The molecule has 0 saturated carbocycles. The molecule has 2 saturated heterocycles. The van der Waals surface area contributed by atoms with Gasteiger partial charge in [0.1, 0.15) is 48.8 Å². The summed E-state index contributed by atoms with van der Waals surface area (Å²) in [5.74, 6) is 0.146. The van der Waals surface area contributed by atoms with Crippen molar-refractivity contribution in [2.75, 3.05) is 40.4 Å². The number of nitrogens with zero attached hydrogens (tertiary/aromatic N) is 1. The zero-order chi connectivity index (χ0) is 35.5. The Balaban J connectivity index is 1.61. The molecule has 2 aliphatic rings. The van der Waals surface area contributed by atoms with E-state index in [0.717, 1.165) is 70.8 Å². The van der Waals surface area contributed by atoms with Gasteiger partial charge in [0.2, 0.25) is 5.91 Å². The Morgan fingerprint density at radius 2 is 1.29 bits per heavy atom. The fourth-order valence-electron chi connectivity index (χ4n) is 5.81. The predicted molar refractivity (Wildman–Crippen MR) is 178 cm³/mol. The van der Waals surface area contributed by atoms with Gasteiger partial charge in [-0.25, -0.2) is 0 Å². The van der Waals surface area contributed by atoms with Crippen LogP contribution in [0.2, 0.25) is 0 Å². The molecule has 8 N–H and O–H groups in total. The number of nitrogens with one attached hydrogen (secondary N) is 1. The fourth-order valence-corrected chi connectivity index (χ4v) is 5.81. The lowest BCUT2D eigenvalue weighted by Crippen LogP contribution is -2.64. The van der Waals surface area contributed by atoms with Crippen molar-refractivity contribution in [1.29, 1.82) is 0 Å². The van der Waals surface area contributed by atoms with E-state index in [1.54, 1.807) is 0 Å². The second-order valence-corrected chi connectivity index (χ2v) is 13.4. The van der Waals surface area contributed by atoms with E-state index in [4.69, 9.17) is 18.9 Å². The molecular weight excluding hydrogens is 628 g/mol. The minimum atomic E-state index is -1.71. The van der Waals surface area contributed by atoms with Crippen LogP contribution in [-0.2, 0) is 23.7 Å². The van der Waals surface area contributed by atoms with Crippen molar-refractivity contribution < 1.29 is 59.5 Å². The zero-order valence-electron chi connectivity index (χ0n) is 29.1. The van der Waals surface area contributed by atoms with Crippen molar-refractivity contribution in [3.05, 3.63) is 12.2 Å². The number of ether oxygens (including phenoxy) is 4. The van der Waals surface area contributed by atoms with Crippen molar-refractivity contribution in [3.63, 3.8) is 0 Å². The molecule has 0 aromatic carbocycles. The highest BCUT2D eigenvalue weighted by molar-refractivity contribution is 5.75. The highest BCUT2D eigenvalue weighted by atomic mass is 16.8. The molecule has 0 bridgehead atoms. The maximum absolute atomic E-state index is 11.8. The Bertz CT molecular complexity index is 881. The number of aliphatic hydroxyl groups excluding tert-OH is 7. The van der Waals surface area contributed by atoms with Gasteiger partial charge >= 0.3 is 0 Å². The third-order valence-electron chi connectivity index (χ3n) is 8.88. The standard InChI is InChI=1S/C34H64N2O12/c1-23(17-15-13-11-9-7-5-4-6-8-10-12-14-16-18-26(39)35-19-20-36(2)3)45-34-32(30(43)28(41)25(22-38)47-34)48-33-31(44)29(42)27(40)24(21-37)46-33/h4-5,23-25,27-34,37-38,40-44H,6-22H2,1-3H3,(H,35,39). The normalized spacial score (nSPS) is 31.8. The lowest BCUT2D eigenvalue weighted by atomic mass is 9.97. The van der Waals surface area contributed by atoms with Crippen molar-refractivity contribution in [1.82, 2.24) is 10.2 Å². The van der Waals surface area contributed by atoms with Gasteiger partial charge in [-0.3, -0.25) is 4.79 Å². The van der Waals surface area contributed by atoms with E-state index in [1.807, 2.05) is 21.0 Å². The van der Waals surface area contributed by atoms with Gasteiger partial charge in [0.05, 0.1) is 19.3 Å². The Hall–Kier alpha value is -1.27. The summed E-state index contributed by atoms with van der Waals surface area (Å²) < 4.78 is 22.8. The summed E-state index contributed by atoms with van der Waals surface area (Å²) in [6, 6.07) is 0. The lowest BCUT2D eigenvalue weighted by Gasteiger charge is -2.46. The van der Waals surface area contributed by atoms with Gasteiger partial charge in [-0.2, -0.15) is 0 Å². The average Bonchev–Trinajstić information content (AvgIpc) is 3.05. The van der Waals surface area contributed by atoms with Crippen molar-refractivity contribution >= 4 is 5.91 Å². The van der Waals surface area contributed by atoms with Gasteiger partial charge in [-0.15, -0.1) is 0 Å². The molecule has 1 amide bonds. The first-order chi connectivity index (χ1) is 23.0. The van der Waals surface area contributed by atoms with Gasteiger partial charge in [-0.1, -0.05) is 50.7 Å². The predicted octanol–water partition coefficient (Wildman–Crippen LogP) is 0.321. The number of aliphatic hydroxyl groups is 7. The van der Waals surface area contributed by atoms with Crippen molar-refractivity contribution in [2.24, 2.45) is 0 Å².